The SMILES string of the molecule is O=C(Nc1ccc(OC(F)(F)F)cc1)C1CN(S(=O)(=O)N2CCCCC2)CCN1. The second-order valence-corrected chi connectivity index (χ2v) is 8.82. The van der Waals surface area contributed by atoms with E-state index < -0.39 is 34.3 Å². The number of anilines is 1. The normalized spacial score (nSPS) is 22.2. The topological polar surface area (TPSA) is 91.0 Å². The fourth-order valence-corrected chi connectivity index (χ4v) is 5.04. The molecule has 12 heteroatoms. The van der Waals surface area contributed by atoms with Crippen molar-refractivity contribution in [3.63, 3.8) is 0 Å². The summed E-state index contributed by atoms with van der Waals surface area (Å²) in [4.78, 5) is 12.5. The van der Waals surface area contributed by atoms with Gasteiger partial charge in [-0.05, 0) is 37.1 Å². The van der Waals surface area contributed by atoms with Crippen LogP contribution in [0.1, 0.15) is 19.3 Å². The van der Waals surface area contributed by atoms with Gasteiger partial charge in [-0.1, -0.05) is 6.42 Å². The van der Waals surface area contributed by atoms with Gasteiger partial charge in [0.15, 0.2) is 0 Å². The predicted molar refractivity (Wildman–Crippen MR) is 99.5 cm³/mol. The molecule has 1 atom stereocenters. The zero-order chi connectivity index (χ0) is 21.1. The van der Waals surface area contributed by atoms with E-state index in [1.54, 1.807) is 0 Å². The van der Waals surface area contributed by atoms with Crippen molar-refractivity contribution in [2.75, 3.05) is 38.0 Å². The van der Waals surface area contributed by atoms with E-state index in [0.717, 1.165) is 31.4 Å². The van der Waals surface area contributed by atoms with Crippen LogP contribution in [-0.4, -0.2) is 68.1 Å². The number of carbonyl (C=O) groups excluding carboxylic acids is 1. The van der Waals surface area contributed by atoms with Gasteiger partial charge in [-0.25, -0.2) is 0 Å². The van der Waals surface area contributed by atoms with Gasteiger partial charge in [0.2, 0.25) is 5.91 Å². The zero-order valence-electron chi connectivity index (χ0n) is 15.6. The van der Waals surface area contributed by atoms with Crippen LogP contribution in [0.25, 0.3) is 0 Å². The predicted octanol–water partition coefficient (Wildman–Crippen LogP) is 1.53. The standard InChI is InChI=1S/C17H23F3N4O4S/c18-17(19,20)28-14-6-4-13(5-7-14)22-16(25)15-12-24(11-8-21-15)29(26,27)23-9-2-1-3-10-23/h4-7,15,21H,1-3,8-12H2,(H,22,25). The Balaban J connectivity index is 1.59. The molecule has 2 aliphatic rings. The number of nitrogens with one attached hydrogen (secondary N) is 2. The van der Waals surface area contributed by atoms with E-state index in [-0.39, 0.29) is 18.8 Å². The number of carbonyl (C=O) groups is 1. The molecule has 0 aliphatic carbocycles. The lowest BCUT2D eigenvalue weighted by atomic mass is 10.2. The summed E-state index contributed by atoms with van der Waals surface area (Å²) in [5.74, 6) is -0.863. The Morgan fingerprint density at radius 2 is 1.72 bits per heavy atom. The van der Waals surface area contributed by atoms with Gasteiger partial charge in [-0.3, -0.25) is 4.79 Å². The number of piperidine rings is 1. The molecule has 2 aliphatic heterocycles. The number of benzene rings is 1. The second kappa shape index (κ2) is 8.86. The highest BCUT2D eigenvalue weighted by molar-refractivity contribution is 7.86. The summed E-state index contributed by atoms with van der Waals surface area (Å²) >= 11 is 0. The Bertz CT molecular complexity index is 811. The fraction of sp³-hybridized carbons (Fsp3) is 0.588. The van der Waals surface area contributed by atoms with Gasteiger partial charge in [-0.15, -0.1) is 13.2 Å². The molecular weight excluding hydrogens is 413 g/mol. The first kappa shape index (κ1) is 21.8. The van der Waals surface area contributed by atoms with Crippen LogP contribution in [0.15, 0.2) is 24.3 Å². The van der Waals surface area contributed by atoms with Gasteiger partial charge in [0.1, 0.15) is 11.8 Å². The molecule has 1 aromatic carbocycles. The number of rotatable bonds is 5. The lowest BCUT2D eigenvalue weighted by Crippen LogP contribution is -2.59. The monoisotopic (exact) mass is 436 g/mol. The lowest BCUT2D eigenvalue weighted by molar-refractivity contribution is -0.274. The lowest BCUT2D eigenvalue weighted by Gasteiger charge is -2.36. The summed E-state index contributed by atoms with van der Waals surface area (Å²) in [5, 5.41) is 5.56. The summed E-state index contributed by atoms with van der Waals surface area (Å²) in [5.41, 5.74) is 0.280. The first-order valence-electron chi connectivity index (χ1n) is 9.30. The van der Waals surface area contributed by atoms with Crippen molar-refractivity contribution in [2.24, 2.45) is 0 Å². The number of ether oxygens (including phenoxy) is 1. The Morgan fingerprint density at radius 3 is 2.34 bits per heavy atom. The molecule has 0 saturated carbocycles. The minimum absolute atomic E-state index is 0.0140. The molecule has 2 saturated heterocycles. The Labute approximate surface area is 167 Å². The maximum absolute atomic E-state index is 12.8. The van der Waals surface area contributed by atoms with Crippen LogP contribution < -0.4 is 15.4 Å². The number of amides is 1. The molecule has 29 heavy (non-hydrogen) atoms. The molecule has 2 heterocycles. The maximum atomic E-state index is 12.8. The van der Waals surface area contributed by atoms with Crippen molar-refractivity contribution >= 4 is 21.8 Å². The molecule has 0 radical (unpaired) electrons. The maximum Gasteiger partial charge on any atom is 0.573 e. The van der Waals surface area contributed by atoms with E-state index in [2.05, 4.69) is 15.4 Å². The molecule has 1 unspecified atom stereocenters. The number of hydrogen-bond acceptors (Lipinski definition) is 5. The van der Waals surface area contributed by atoms with Gasteiger partial charge in [0, 0.05) is 38.4 Å². The van der Waals surface area contributed by atoms with Crippen molar-refractivity contribution in [2.45, 2.75) is 31.7 Å². The minimum atomic E-state index is -4.79. The Kier molecular flexibility index (Phi) is 6.66. The van der Waals surface area contributed by atoms with E-state index >= 15 is 0 Å². The molecule has 2 fully saturated rings. The van der Waals surface area contributed by atoms with E-state index in [9.17, 15) is 26.4 Å². The van der Waals surface area contributed by atoms with Crippen molar-refractivity contribution < 1.29 is 31.1 Å². The van der Waals surface area contributed by atoms with E-state index in [4.69, 9.17) is 0 Å². The average molecular weight is 436 g/mol. The van der Waals surface area contributed by atoms with Crippen LogP contribution in [0, 0.1) is 0 Å². The van der Waals surface area contributed by atoms with Crippen molar-refractivity contribution in [3.05, 3.63) is 24.3 Å². The third kappa shape index (κ3) is 5.81. The van der Waals surface area contributed by atoms with Gasteiger partial charge >= 0.3 is 6.36 Å². The van der Waals surface area contributed by atoms with Crippen LogP contribution in [0.2, 0.25) is 0 Å². The highest BCUT2D eigenvalue weighted by atomic mass is 32.2. The molecule has 1 aromatic rings. The summed E-state index contributed by atoms with van der Waals surface area (Å²) in [6, 6.07) is 3.97. The third-order valence-corrected chi connectivity index (χ3v) is 6.78. The fourth-order valence-electron chi connectivity index (χ4n) is 3.34. The molecule has 0 spiro atoms. The molecule has 0 aromatic heterocycles. The van der Waals surface area contributed by atoms with Crippen molar-refractivity contribution in [3.8, 4) is 5.75 Å². The van der Waals surface area contributed by atoms with Crippen molar-refractivity contribution in [1.29, 1.82) is 0 Å². The Morgan fingerprint density at radius 1 is 1.07 bits per heavy atom. The Hall–Kier alpha value is -1.89. The first-order chi connectivity index (χ1) is 13.6. The van der Waals surface area contributed by atoms with Gasteiger partial charge in [0.05, 0.1) is 0 Å². The third-order valence-electron chi connectivity index (χ3n) is 4.78. The molecule has 162 valence electrons. The molecule has 8 nitrogen and oxygen atoms in total. The average Bonchev–Trinajstić information content (AvgIpc) is 2.69. The first-order valence-corrected chi connectivity index (χ1v) is 10.7. The number of hydrogen-bond donors (Lipinski definition) is 2. The summed E-state index contributed by atoms with van der Waals surface area (Å²) in [6.07, 6.45) is -2.14. The van der Waals surface area contributed by atoms with Crippen LogP contribution in [0.4, 0.5) is 18.9 Å². The van der Waals surface area contributed by atoms with E-state index in [1.165, 1.54) is 20.7 Å². The summed E-state index contributed by atoms with van der Waals surface area (Å²) in [7, 11) is -3.62. The summed E-state index contributed by atoms with van der Waals surface area (Å²) in [6.45, 7) is 1.54. The minimum Gasteiger partial charge on any atom is -0.406 e. The molecule has 2 N–H and O–H groups in total. The van der Waals surface area contributed by atoms with Crippen LogP contribution >= 0.6 is 0 Å². The van der Waals surface area contributed by atoms with Crippen LogP contribution in [-0.2, 0) is 15.0 Å². The number of piperazine rings is 1. The van der Waals surface area contributed by atoms with Gasteiger partial charge in [0.25, 0.3) is 10.2 Å². The number of nitrogens with zero attached hydrogens (tertiary/aromatic N) is 2. The van der Waals surface area contributed by atoms with E-state index in [1.807, 2.05) is 0 Å². The molecule has 3 rings (SSSR count). The molecular formula is C17H23F3N4O4S. The van der Waals surface area contributed by atoms with Crippen LogP contribution in [0.5, 0.6) is 5.75 Å². The quantitative estimate of drug-likeness (QED) is 0.731. The van der Waals surface area contributed by atoms with Gasteiger partial charge < -0.3 is 15.4 Å². The van der Waals surface area contributed by atoms with Crippen molar-refractivity contribution in [1.82, 2.24) is 13.9 Å². The molecule has 0 bridgehead atoms. The largest absolute Gasteiger partial charge is 0.573 e. The smallest absolute Gasteiger partial charge is 0.406 e. The van der Waals surface area contributed by atoms with Gasteiger partial charge in [-0.2, -0.15) is 17.0 Å². The highest BCUT2D eigenvalue weighted by Gasteiger charge is 2.36. The molecule has 1 amide bonds. The summed E-state index contributed by atoms with van der Waals surface area (Å²) < 4.78 is 68.8. The van der Waals surface area contributed by atoms with E-state index in [0.29, 0.717) is 19.6 Å². The number of halogens is 3. The zero-order valence-corrected chi connectivity index (χ0v) is 16.4. The van der Waals surface area contributed by atoms with Crippen LogP contribution in [0.3, 0.4) is 0 Å². The second-order valence-electron chi connectivity index (χ2n) is 6.89. The highest BCUT2D eigenvalue weighted by Crippen LogP contribution is 2.24. The number of alkyl halides is 3.